The van der Waals surface area contributed by atoms with Crippen molar-refractivity contribution >= 4 is 44.5 Å². The topological polar surface area (TPSA) is 29.3 Å². The second kappa shape index (κ2) is 6.16. The summed E-state index contributed by atoms with van der Waals surface area (Å²) in [6.45, 7) is 1.04. The highest BCUT2D eigenvalue weighted by Crippen LogP contribution is 2.34. The highest BCUT2D eigenvalue weighted by molar-refractivity contribution is 9.10. The summed E-state index contributed by atoms with van der Waals surface area (Å²) in [7, 11) is 0. The minimum Gasteiger partial charge on any atom is -0.389 e. The summed E-state index contributed by atoms with van der Waals surface area (Å²) in [5, 5.41) is 0. The SMILES string of the molecule is NC(=S)c1ccc(N2CCCCc3ccccc32)cc1Br. The molecule has 0 aliphatic carbocycles. The summed E-state index contributed by atoms with van der Waals surface area (Å²) < 4.78 is 0.953. The van der Waals surface area contributed by atoms with E-state index in [1.807, 2.05) is 6.07 Å². The molecular formula is C17H17BrN2S. The largest absolute Gasteiger partial charge is 0.389 e. The van der Waals surface area contributed by atoms with E-state index in [1.54, 1.807) is 0 Å². The van der Waals surface area contributed by atoms with Gasteiger partial charge in [-0.2, -0.15) is 0 Å². The minimum absolute atomic E-state index is 0.421. The van der Waals surface area contributed by atoms with Crippen LogP contribution in [0.3, 0.4) is 0 Å². The molecule has 0 amide bonds. The molecule has 1 aliphatic rings. The Labute approximate surface area is 139 Å². The number of anilines is 2. The number of benzene rings is 2. The Morgan fingerprint density at radius 3 is 2.71 bits per heavy atom. The molecule has 0 radical (unpaired) electrons. The monoisotopic (exact) mass is 360 g/mol. The maximum Gasteiger partial charge on any atom is 0.105 e. The molecule has 0 atom stereocenters. The van der Waals surface area contributed by atoms with Crippen molar-refractivity contribution in [3.63, 3.8) is 0 Å². The molecule has 0 saturated heterocycles. The Morgan fingerprint density at radius 1 is 1.14 bits per heavy atom. The van der Waals surface area contributed by atoms with Crippen LogP contribution in [0.2, 0.25) is 0 Å². The first kappa shape index (κ1) is 14.5. The molecule has 4 heteroatoms. The van der Waals surface area contributed by atoms with Crippen LogP contribution in [0.25, 0.3) is 0 Å². The van der Waals surface area contributed by atoms with Gasteiger partial charge in [0.25, 0.3) is 0 Å². The fourth-order valence-corrected chi connectivity index (χ4v) is 3.72. The third kappa shape index (κ3) is 2.97. The van der Waals surface area contributed by atoms with Gasteiger partial charge in [0.15, 0.2) is 0 Å². The maximum absolute atomic E-state index is 5.73. The van der Waals surface area contributed by atoms with Gasteiger partial charge in [0.2, 0.25) is 0 Å². The Balaban J connectivity index is 2.04. The molecule has 2 nitrogen and oxygen atoms in total. The molecule has 3 rings (SSSR count). The van der Waals surface area contributed by atoms with Gasteiger partial charge in [-0.1, -0.05) is 30.4 Å². The van der Waals surface area contributed by atoms with Crippen LogP contribution in [-0.4, -0.2) is 11.5 Å². The van der Waals surface area contributed by atoms with E-state index in [0.29, 0.717) is 4.99 Å². The van der Waals surface area contributed by atoms with Crippen LogP contribution in [0.15, 0.2) is 46.9 Å². The summed E-state index contributed by atoms with van der Waals surface area (Å²) in [6.07, 6.45) is 3.59. The van der Waals surface area contributed by atoms with Crippen LogP contribution in [0, 0.1) is 0 Å². The first-order valence-corrected chi connectivity index (χ1v) is 8.32. The number of thiocarbonyl (C=S) groups is 1. The maximum atomic E-state index is 5.73. The summed E-state index contributed by atoms with van der Waals surface area (Å²) >= 11 is 8.65. The van der Waals surface area contributed by atoms with Crippen molar-refractivity contribution in [1.29, 1.82) is 0 Å². The van der Waals surface area contributed by atoms with E-state index in [0.717, 1.165) is 23.0 Å². The Morgan fingerprint density at radius 2 is 1.95 bits per heavy atom. The van der Waals surface area contributed by atoms with Crippen molar-refractivity contribution in [3.05, 3.63) is 58.1 Å². The van der Waals surface area contributed by atoms with E-state index in [-0.39, 0.29) is 0 Å². The van der Waals surface area contributed by atoms with Crippen LogP contribution in [0.4, 0.5) is 11.4 Å². The molecule has 0 aromatic heterocycles. The predicted octanol–water partition coefficient (Wildman–Crippen LogP) is 4.56. The zero-order valence-electron chi connectivity index (χ0n) is 11.7. The number of nitrogens with zero attached hydrogens (tertiary/aromatic N) is 1. The molecule has 0 fully saturated rings. The Bertz CT molecular complexity index is 684. The quantitative estimate of drug-likeness (QED) is 0.796. The van der Waals surface area contributed by atoms with Gasteiger partial charge in [0.05, 0.1) is 0 Å². The number of hydrogen-bond acceptors (Lipinski definition) is 2. The Hall–Kier alpha value is -1.39. The highest BCUT2D eigenvalue weighted by Gasteiger charge is 2.17. The lowest BCUT2D eigenvalue weighted by molar-refractivity contribution is 0.761. The van der Waals surface area contributed by atoms with Crippen molar-refractivity contribution in [2.24, 2.45) is 5.73 Å². The summed E-state index contributed by atoms with van der Waals surface area (Å²) in [5.41, 5.74) is 10.5. The number of nitrogens with two attached hydrogens (primary N) is 1. The molecule has 0 saturated carbocycles. The van der Waals surface area contributed by atoms with Gasteiger partial charge in [-0.3, -0.25) is 0 Å². The standard InChI is InChI=1S/C17H17BrN2S/c18-15-11-13(8-9-14(15)17(19)21)20-10-4-3-6-12-5-1-2-7-16(12)20/h1-2,5,7-9,11H,3-4,6,10H2,(H2,19,21). The molecule has 0 bridgehead atoms. The van der Waals surface area contributed by atoms with Gasteiger partial charge in [-0.25, -0.2) is 0 Å². The molecule has 2 aromatic carbocycles. The minimum atomic E-state index is 0.421. The lowest BCUT2D eigenvalue weighted by Crippen LogP contribution is -2.18. The van der Waals surface area contributed by atoms with Crippen molar-refractivity contribution in [2.45, 2.75) is 19.3 Å². The molecule has 1 aliphatic heterocycles. The van der Waals surface area contributed by atoms with Gasteiger partial charge in [0.1, 0.15) is 4.99 Å². The van der Waals surface area contributed by atoms with Gasteiger partial charge < -0.3 is 10.6 Å². The lowest BCUT2D eigenvalue weighted by atomic mass is 10.1. The van der Waals surface area contributed by atoms with E-state index < -0.39 is 0 Å². The lowest BCUT2D eigenvalue weighted by Gasteiger charge is -2.25. The smallest absolute Gasteiger partial charge is 0.105 e. The van der Waals surface area contributed by atoms with E-state index in [1.165, 1.54) is 29.8 Å². The summed E-state index contributed by atoms with van der Waals surface area (Å²) in [5.74, 6) is 0. The van der Waals surface area contributed by atoms with Gasteiger partial charge >= 0.3 is 0 Å². The average molecular weight is 361 g/mol. The fraction of sp³-hybridized carbons (Fsp3) is 0.235. The molecule has 0 spiro atoms. The number of rotatable bonds is 2. The predicted molar refractivity (Wildman–Crippen MR) is 96.4 cm³/mol. The van der Waals surface area contributed by atoms with Crippen LogP contribution < -0.4 is 10.6 Å². The molecule has 1 heterocycles. The third-order valence-corrected chi connectivity index (χ3v) is 4.77. The molecule has 2 N–H and O–H groups in total. The second-order valence-corrected chi connectivity index (χ2v) is 6.56. The van der Waals surface area contributed by atoms with Crippen LogP contribution in [0.1, 0.15) is 24.0 Å². The van der Waals surface area contributed by atoms with Crippen molar-refractivity contribution in [3.8, 4) is 0 Å². The molecule has 21 heavy (non-hydrogen) atoms. The van der Waals surface area contributed by atoms with E-state index in [4.69, 9.17) is 18.0 Å². The van der Waals surface area contributed by atoms with Crippen LogP contribution in [-0.2, 0) is 6.42 Å². The fourth-order valence-electron chi connectivity index (χ4n) is 2.83. The Kier molecular flexibility index (Phi) is 4.27. The average Bonchev–Trinajstić information content (AvgIpc) is 2.69. The molecule has 0 unspecified atom stereocenters. The normalized spacial score (nSPS) is 14.4. The zero-order chi connectivity index (χ0) is 14.8. The molecule has 108 valence electrons. The zero-order valence-corrected chi connectivity index (χ0v) is 14.1. The van der Waals surface area contributed by atoms with Gasteiger partial charge in [-0.05, 0) is 65.0 Å². The van der Waals surface area contributed by atoms with Gasteiger partial charge in [0, 0.05) is 28.0 Å². The highest BCUT2D eigenvalue weighted by atomic mass is 79.9. The number of aryl methyl sites for hydroxylation is 1. The number of fused-ring (bicyclic) bond motifs is 1. The van der Waals surface area contributed by atoms with Crippen LogP contribution >= 0.6 is 28.1 Å². The van der Waals surface area contributed by atoms with E-state index >= 15 is 0 Å². The number of para-hydroxylation sites is 1. The summed E-state index contributed by atoms with van der Waals surface area (Å²) in [6, 6.07) is 14.9. The van der Waals surface area contributed by atoms with Crippen LogP contribution in [0.5, 0.6) is 0 Å². The number of halogens is 1. The van der Waals surface area contributed by atoms with E-state index in [2.05, 4.69) is 57.2 Å². The first-order valence-electron chi connectivity index (χ1n) is 7.11. The number of hydrogen-bond donors (Lipinski definition) is 1. The van der Waals surface area contributed by atoms with E-state index in [9.17, 15) is 0 Å². The van der Waals surface area contributed by atoms with Crippen molar-refractivity contribution in [1.82, 2.24) is 0 Å². The first-order chi connectivity index (χ1) is 10.2. The van der Waals surface area contributed by atoms with Crippen molar-refractivity contribution in [2.75, 3.05) is 11.4 Å². The van der Waals surface area contributed by atoms with Crippen molar-refractivity contribution < 1.29 is 0 Å². The van der Waals surface area contributed by atoms with Gasteiger partial charge in [-0.15, -0.1) is 0 Å². The molecule has 2 aromatic rings. The second-order valence-electron chi connectivity index (χ2n) is 5.27. The third-order valence-electron chi connectivity index (χ3n) is 3.89. The summed E-state index contributed by atoms with van der Waals surface area (Å²) in [4.78, 5) is 2.81. The molecular weight excluding hydrogens is 344 g/mol.